The number of alkyl carbamates (subject to hydrolysis) is 1. The zero-order valence-electron chi connectivity index (χ0n) is 16.5. The lowest BCUT2D eigenvalue weighted by molar-refractivity contribution is -0.140. The number of aromatic nitrogens is 1. The number of hydrogen-bond donors (Lipinski definition) is 2. The monoisotopic (exact) mass is 390 g/mol. The number of carboxylic acids is 1. The van der Waals surface area contributed by atoms with E-state index in [0.717, 1.165) is 32.1 Å². The van der Waals surface area contributed by atoms with Crippen LogP contribution in [0.1, 0.15) is 55.5 Å². The smallest absolute Gasteiger partial charge is 0.407 e. The Hall–Kier alpha value is -2.15. The molecule has 0 saturated heterocycles. The average Bonchev–Trinajstić information content (AvgIpc) is 2.67. The lowest BCUT2D eigenvalue weighted by atomic mass is 9.79. The summed E-state index contributed by atoms with van der Waals surface area (Å²) in [5.41, 5.74) is 3.92. The van der Waals surface area contributed by atoms with Crippen LogP contribution in [0, 0.1) is 5.92 Å². The van der Waals surface area contributed by atoms with Crippen LogP contribution >= 0.6 is 0 Å². The fourth-order valence-corrected chi connectivity index (χ4v) is 3.98. The summed E-state index contributed by atoms with van der Waals surface area (Å²) in [5, 5.41) is 11.4. The highest BCUT2D eigenvalue weighted by atomic mass is 16.5. The number of methoxy groups -OCH3 is 1. The molecule has 3 rings (SSSR count). The molecule has 1 amide bonds. The Balaban J connectivity index is 1.31. The molecule has 7 heteroatoms. The molecule has 7 nitrogen and oxygen atoms in total. The van der Waals surface area contributed by atoms with Crippen molar-refractivity contribution < 1.29 is 24.2 Å². The highest BCUT2D eigenvalue weighted by molar-refractivity contribution is 5.79. The third-order valence-corrected chi connectivity index (χ3v) is 5.77. The second-order valence-electron chi connectivity index (χ2n) is 7.80. The summed E-state index contributed by atoms with van der Waals surface area (Å²) in [6, 6.07) is 3.44. The van der Waals surface area contributed by atoms with Gasteiger partial charge in [-0.25, -0.2) is 9.59 Å². The third-order valence-electron chi connectivity index (χ3n) is 5.77. The zero-order valence-corrected chi connectivity index (χ0v) is 16.5. The summed E-state index contributed by atoms with van der Waals surface area (Å²) in [5.74, 6) is -0.440. The van der Waals surface area contributed by atoms with Crippen molar-refractivity contribution in [2.45, 2.75) is 69.9 Å². The summed E-state index contributed by atoms with van der Waals surface area (Å²) in [6.45, 7) is 0.310. The third kappa shape index (κ3) is 5.67. The molecule has 2 N–H and O–H groups in total. The van der Waals surface area contributed by atoms with Gasteiger partial charge in [-0.05, 0) is 68.9 Å². The Labute approximate surface area is 165 Å². The topological polar surface area (TPSA) is 97.8 Å². The van der Waals surface area contributed by atoms with Gasteiger partial charge in [-0.15, -0.1) is 0 Å². The second-order valence-corrected chi connectivity index (χ2v) is 7.80. The van der Waals surface area contributed by atoms with Gasteiger partial charge >= 0.3 is 12.1 Å². The van der Waals surface area contributed by atoms with Crippen molar-refractivity contribution >= 4 is 12.1 Å². The number of fused-ring (bicyclic) bond motifs is 1. The van der Waals surface area contributed by atoms with Gasteiger partial charge in [0.15, 0.2) is 0 Å². The SMILES string of the molecule is COC(=O)NC(CCOC1CC(CCc2ccc3c(n2)CCCC3)C1)C(=O)O. The van der Waals surface area contributed by atoms with Crippen LogP contribution < -0.4 is 5.32 Å². The number of ether oxygens (including phenoxy) is 2. The number of carbonyl (C=O) groups is 2. The molecule has 0 aromatic carbocycles. The van der Waals surface area contributed by atoms with E-state index in [2.05, 4.69) is 22.2 Å². The first kappa shape index (κ1) is 20.6. The first-order valence-electron chi connectivity index (χ1n) is 10.2. The van der Waals surface area contributed by atoms with E-state index in [1.807, 2.05) is 0 Å². The number of nitrogens with zero attached hydrogens (tertiary/aromatic N) is 1. The van der Waals surface area contributed by atoms with Crippen molar-refractivity contribution in [3.8, 4) is 0 Å². The van der Waals surface area contributed by atoms with Gasteiger partial charge in [0.25, 0.3) is 0 Å². The summed E-state index contributed by atoms with van der Waals surface area (Å²) >= 11 is 0. The highest BCUT2D eigenvalue weighted by Crippen LogP contribution is 2.34. The first-order valence-corrected chi connectivity index (χ1v) is 10.2. The Morgan fingerprint density at radius 1 is 1.29 bits per heavy atom. The number of aryl methyl sites for hydroxylation is 3. The lowest BCUT2D eigenvalue weighted by Crippen LogP contribution is -2.42. The molecule has 28 heavy (non-hydrogen) atoms. The van der Waals surface area contributed by atoms with E-state index < -0.39 is 18.1 Å². The van der Waals surface area contributed by atoms with E-state index in [1.54, 1.807) is 0 Å². The number of amides is 1. The van der Waals surface area contributed by atoms with E-state index in [-0.39, 0.29) is 12.5 Å². The van der Waals surface area contributed by atoms with Crippen molar-refractivity contribution in [3.05, 3.63) is 29.1 Å². The van der Waals surface area contributed by atoms with Gasteiger partial charge in [-0.1, -0.05) is 6.07 Å². The van der Waals surface area contributed by atoms with Gasteiger partial charge in [0, 0.05) is 24.4 Å². The predicted octanol–water partition coefficient (Wildman–Crippen LogP) is 2.89. The summed E-state index contributed by atoms with van der Waals surface area (Å²) < 4.78 is 10.2. The van der Waals surface area contributed by atoms with Crippen LogP contribution in [-0.2, 0) is 33.5 Å². The Morgan fingerprint density at radius 3 is 2.82 bits per heavy atom. The fraction of sp³-hybridized carbons (Fsp3) is 0.667. The molecule has 1 aromatic rings. The minimum absolute atomic E-state index is 0.189. The molecule has 0 aliphatic heterocycles. The van der Waals surface area contributed by atoms with E-state index in [1.165, 1.54) is 43.3 Å². The average molecular weight is 390 g/mol. The number of nitrogens with one attached hydrogen (secondary N) is 1. The number of carboxylic acid groups (broad SMARTS) is 1. The standard InChI is InChI=1S/C21H30N2O5/c1-27-21(26)23-19(20(24)25)10-11-28-17-12-14(13-17)6-8-16-9-7-15-4-2-3-5-18(15)22-16/h7,9,14,17,19H,2-6,8,10-13H2,1H3,(H,23,26)(H,24,25). The number of aliphatic carboxylic acids is 1. The molecule has 1 fully saturated rings. The van der Waals surface area contributed by atoms with Crippen molar-refractivity contribution in [3.63, 3.8) is 0 Å². The van der Waals surface area contributed by atoms with Crippen LogP contribution in [0.15, 0.2) is 12.1 Å². The van der Waals surface area contributed by atoms with Crippen molar-refractivity contribution in [1.82, 2.24) is 10.3 Å². The number of carbonyl (C=O) groups excluding carboxylic acids is 1. The minimum Gasteiger partial charge on any atom is -0.480 e. The van der Waals surface area contributed by atoms with Crippen LogP contribution in [0.4, 0.5) is 4.79 Å². The highest BCUT2D eigenvalue weighted by Gasteiger charge is 2.30. The molecular formula is C21H30N2O5. The second kappa shape index (κ2) is 9.87. The van der Waals surface area contributed by atoms with Gasteiger partial charge in [0.1, 0.15) is 6.04 Å². The molecule has 2 aliphatic carbocycles. The maximum absolute atomic E-state index is 11.2. The first-order chi connectivity index (χ1) is 13.5. The minimum atomic E-state index is -1.09. The van der Waals surface area contributed by atoms with E-state index in [9.17, 15) is 9.59 Å². The molecule has 0 bridgehead atoms. The largest absolute Gasteiger partial charge is 0.480 e. The summed E-state index contributed by atoms with van der Waals surface area (Å²) in [7, 11) is 1.21. The Kier molecular flexibility index (Phi) is 7.25. The van der Waals surface area contributed by atoms with Gasteiger partial charge in [0.2, 0.25) is 0 Å². The summed E-state index contributed by atoms with van der Waals surface area (Å²) in [4.78, 5) is 27.1. The van der Waals surface area contributed by atoms with Crippen molar-refractivity contribution in [2.24, 2.45) is 5.92 Å². The molecule has 1 heterocycles. The predicted molar refractivity (Wildman–Crippen MR) is 103 cm³/mol. The number of hydrogen-bond acceptors (Lipinski definition) is 5. The molecular weight excluding hydrogens is 360 g/mol. The number of pyridine rings is 1. The van der Waals surface area contributed by atoms with Gasteiger partial charge < -0.3 is 19.9 Å². The van der Waals surface area contributed by atoms with E-state index in [0.29, 0.717) is 12.5 Å². The van der Waals surface area contributed by atoms with Crippen LogP contribution in [0.2, 0.25) is 0 Å². The van der Waals surface area contributed by atoms with Crippen LogP contribution in [-0.4, -0.2) is 48.0 Å². The molecule has 1 atom stereocenters. The molecule has 154 valence electrons. The Morgan fingerprint density at radius 2 is 2.07 bits per heavy atom. The summed E-state index contributed by atoms with van der Waals surface area (Å²) in [6.07, 6.45) is 8.63. The maximum atomic E-state index is 11.2. The Bertz CT molecular complexity index is 687. The van der Waals surface area contributed by atoms with Gasteiger partial charge in [-0.3, -0.25) is 4.98 Å². The molecule has 1 aromatic heterocycles. The van der Waals surface area contributed by atoms with Gasteiger partial charge in [-0.2, -0.15) is 0 Å². The van der Waals surface area contributed by atoms with Crippen LogP contribution in [0.3, 0.4) is 0 Å². The molecule has 1 unspecified atom stereocenters. The van der Waals surface area contributed by atoms with Crippen LogP contribution in [0.25, 0.3) is 0 Å². The lowest BCUT2D eigenvalue weighted by Gasteiger charge is -2.35. The maximum Gasteiger partial charge on any atom is 0.407 e. The van der Waals surface area contributed by atoms with Crippen molar-refractivity contribution in [2.75, 3.05) is 13.7 Å². The van der Waals surface area contributed by atoms with E-state index >= 15 is 0 Å². The molecule has 0 spiro atoms. The van der Waals surface area contributed by atoms with Crippen molar-refractivity contribution in [1.29, 1.82) is 0 Å². The van der Waals surface area contributed by atoms with Gasteiger partial charge in [0.05, 0.1) is 13.2 Å². The van der Waals surface area contributed by atoms with E-state index in [4.69, 9.17) is 14.8 Å². The fourth-order valence-electron chi connectivity index (χ4n) is 3.98. The quantitative estimate of drug-likeness (QED) is 0.673. The molecule has 0 radical (unpaired) electrons. The van der Waals surface area contributed by atoms with Crippen LogP contribution in [0.5, 0.6) is 0 Å². The number of rotatable bonds is 9. The molecule has 2 aliphatic rings. The molecule has 1 saturated carbocycles. The normalized spacial score (nSPS) is 21.9. The zero-order chi connectivity index (χ0) is 19.9.